The van der Waals surface area contributed by atoms with E-state index in [9.17, 15) is 9.59 Å². The highest BCUT2D eigenvalue weighted by atomic mass is 16.5. The van der Waals surface area contributed by atoms with Gasteiger partial charge in [-0.2, -0.15) is 0 Å². The molecule has 3 fully saturated rings. The van der Waals surface area contributed by atoms with Crippen LogP contribution in [0.4, 0.5) is 0 Å². The van der Waals surface area contributed by atoms with Crippen molar-refractivity contribution < 1.29 is 19.1 Å². The van der Waals surface area contributed by atoms with Crippen LogP contribution in [0.3, 0.4) is 0 Å². The molecule has 1 aromatic heterocycles. The van der Waals surface area contributed by atoms with Gasteiger partial charge in [-0.3, -0.25) is 14.6 Å². The summed E-state index contributed by atoms with van der Waals surface area (Å²) in [6.45, 7) is 3.49. The second-order valence-corrected chi connectivity index (χ2v) is 7.30. The lowest BCUT2D eigenvalue weighted by Gasteiger charge is -2.52. The van der Waals surface area contributed by atoms with Gasteiger partial charge in [-0.1, -0.05) is 0 Å². The average Bonchev–Trinajstić information content (AvgIpc) is 3.19. The fourth-order valence-corrected chi connectivity index (χ4v) is 3.96. The van der Waals surface area contributed by atoms with Crippen LogP contribution in [0.1, 0.15) is 36.2 Å². The van der Waals surface area contributed by atoms with Gasteiger partial charge >= 0.3 is 0 Å². The predicted octanol–water partition coefficient (Wildman–Crippen LogP) is 0.489. The number of carbonyl (C=O) groups excluding carboxylic acids is 2. The van der Waals surface area contributed by atoms with E-state index in [0.29, 0.717) is 31.8 Å². The highest BCUT2D eigenvalue weighted by Gasteiger charge is 2.50. The fraction of sp³-hybridized carbons (Fsp3) is 0.667. The van der Waals surface area contributed by atoms with Gasteiger partial charge in [-0.25, -0.2) is 4.98 Å². The smallest absolute Gasteiger partial charge is 0.274 e. The first kappa shape index (κ1) is 17.4. The van der Waals surface area contributed by atoms with Crippen molar-refractivity contribution in [2.24, 2.45) is 0 Å². The molecular formula is C18H24N4O4. The molecule has 2 amide bonds. The van der Waals surface area contributed by atoms with Crippen molar-refractivity contribution in [2.75, 3.05) is 39.4 Å². The minimum atomic E-state index is -0.350. The molecule has 3 aliphatic heterocycles. The summed E-state index contributed by atoms with van der Waals surface area (Å²) < 4.78 is 11.8. The third kappa shape index (κ3) is 3.57. The Balaban J connectivity index is 1.26. The molecule has 0 aliphatic carbocycles. The molecule has 26 heavy (non-hydrogen) atoms. The van der Waals surface area contributed by atoms with E-state index in [2.05, 4.69) is 9.97 Å². The molecule has 8 heteroatoms. The Bertz CT molecular complexity index is 656. The zero-order chi connectivity index (χ0) is 18.0. The van der Waals surface area contributed by atoms with Crippen molar-refractivity contribution in [1.82, 2.24) is 19.8 Å². The summed E-state index contributed by atoms with van der Waals surface area (Å²) in [7, 11) is 0. The molecular weight excluding hydrogens is 336 g/mol. The molecule has 1 aromatic rings. The number of likely N-dealkylation sites (tertiary alicyclic amines) is 2. The van der Waals surface area contributed by atoms with Crippen LogP contribution < -0.4 is 0 Å². The van der Waals surface area contributed by atoms with E-state index in [0.717, 1.165) is 32.4 Å². The SMILES string of the molecule is O=C(CO[C@H]1CCOC2(C1)CN(C(=O)c1cnccn1)C2)N1CCCC1. The van der Waals surface area contributed by atoms with Crippen molar-refractivity contribution >= 4 is 11.8 Å². The van der Waals surface area contributed by atoms with Gasteiger partial charge in [0.05, 0.1) is 25.4 Å². The van der Waals surface area contributed by atoms with Gasteiger partial charge in [0.25, 0.3) is 5.91 Å². The Kier molecular flexibility index (Phi) is 4.86. The first-order valence-electron chi connectivity index (χ1n) is 9.24. The number of nitrogens with zero attached hydrogens (tertiary/aromatic N) is 4. The lowest BCUT2D eigenvalue weighted by Crippen LogP contribution is -2.67. The minimum absolute atomic E-state index is 0.00377. The molecule has 0 saturated carbocycles. The van der Waals surface area contributed by atoms with E-state index in [1.165, 1.54) is 12.4 Å². The summed E-state index contributed by atoms with van der Waals surface area (Å²) in [6, 6.07) is 0. The molecule has 140 valence electrons. The topological polar surface area (TPSA) is 84.9 Å². The second-order valence-electron chi connectivity index (χ2n) is 7.30. The number of amides is 2. The van der Waals surface area contributed by atoms with Crippen LogP contribution in [-0.4, -0.2) is 82.7 Å². The third-order valence-corrected chi connectivity index (χ3v) is 5.38. The number of hydrogen-bond acceptors (Lipinski definition) is 6. The van der Waals surface area contributed by atoms with Crippen LogP contribution in [-0.2, 0) is 14.3 Å². The van der Waals surface area contributed by atoms with E-state index < -0.39 is 0 Å². The molecule has 3 saturated heterocycles. The largest absolute Gasteiger partial charge is 0.371 e. The highest BCUT2D eigenvalue weighted by molar-refractivity contribution is 5.92. The lowest BCUT2D eigenvalue weighted by molar-refractivity contribution is -0.188. The molecule has 0 radical (unpaired) electrons. The Morgan fingerprint density at radius 3 is 2.77 bits per heavy atom. The van der Waals surface area contributed by atoms with Crippen LogP contribution in [0.25, 0.3) is 0 Å². The summed E-state index contributed by atoms with van der Waals surface area (Å²) >= 11 is 0. The number of rotatable bonds is 4. The lowest BCUT2D eigenvalue weighted by atomic mass is 9.84. The molecule has 4 heterocycles. The summed E-state index contributed by atoms with van der Waals surface area (Å²) in [5.74, 6) is -0.0457. The van der Waals surface area contributed by atoms with E-state index in [-0.39, 0.29) is 30.1 Å². The van der Waals surface area contributed by atoms with E-state index in [4.69, 9.17) is 9.47 Å². The molecule has 0 aromatic carbocycles. The quantitative estimate of drug-likeness (QED) is 0.777. The van der Waals surface area contributed by atoms with Crippen molar-refractivity contribution in [2.45, 2.75) is 37.4 Å². The fourth-order valence-electron chi connectivity index (χ4n) is 3.96. The summed E-state index contributed by atoms with van der Waals surface area (Å²) in [6.07, 6.45) is 8.21. The monoisotopic (exact) mass is 360 g/mol. The Labute approximate surface area is 152 Å². The van der Waals surface area contributed by atoms with E-state index >= 15 is 0 Å². The number of hydrogen-bond donors (Lipinski definition) is 0. The number of ether oxygens (including phenoxy) is 2. The van der Waals surface area contributed by atoms with Crippen LogP contribution in [0, 0.1) is 0 Å². The van der Waals surface area contributed by atoms with Crippen molar-refractivity contribution in [3.63, 3.8) is 0 Å². The Morgan fingerprint density at radius 1 is 1.23 bits per heavy atom. The molecule has 4 rings (SSSR count). The molecule has 0 unspecified atom stereocenters. The maximum absolute atomic E-state index is 12.4. The standard InChI is InChI=1S/C18H24N4O4/c23-16(21-6-1-2-7-21)11-25-14-3-8-26-18(9-14)12-22(13-18)17(24)15-10-19-4-5-20-15/h4-5,10,14H,1-3,6-9,11-13H2/t14-/m0/s1. The Morgan fingerprint density at radius 2 is 2.04 bits per heavy atom. The maximum atomic E-state index is 12.4. The number of carbonyl (C=O) groups is 2. The molecule has 3 aliphatic rings. The number of aromatic nitrogens is 2. The summed E-state index contributed by atoms with van der Waals surface area (Å²) in [4.78, 5) is 36.1. The predicted molar refractivity (Wildman–Crippen MR) is 91.4 cm³/mol. The van der Waals surface area contributed by atoms with Crippen molar-refractivity contribution in [3.8, 4) is 0 Å². The van der Waals surface area contributed by atoms with Crippen LogP contribution in [0.15, 0.2) is 18.6 Å². The van der Waals surface area contributed by atoms with Crippen LogP contribution >= 0.6 is 0 Å². The summed E-state index contributed by atoms with van der Waals surface area (Å²) in [5, 5.41) is 0. The summed E-state index contributed by atoms with van der Waals surface area (Å²) in [5.41, 5.74) is -0.000494. The minimum Gasteiger partial charge on any atom is -0.371 e. The van der Waals surface area contributed by atoms with Gasteiger partial charge in [0.2, 0.25) is 5.91 Å². The van der Waals surface area contributed by atoms with Gasteiger partial charge in [0.15, 0.2) is 0 Å². The van der Waals surface area contributed by atoms with Gasteiger partial charge in [0, 0.05) is 38.5 Å². The molecule has 8 nitrogen and oxygen atoms in total. The zero-order valence-corrected chi connectivity index (χ0v) is 14.8. The van der Waals surface area contributed by atoms with Gasteiger partial charge in [-0.05, 0) is 19.3 Å². The van der Waals surface area contributed by atoms with Gasteiger partial charge in [-0.15, -0.1) is 0 Å². The van der Waals surface area contributed by atoms with Crippen molar-refractivity contribution in [3.05, 3.63) is 24.3 Å². The zero-order valence-electron chi connectivity index (χ0n) is 14.8. The van der Waals surface area contributed by atoms with Crippen molar-refractivity contribution in [1.29, 1.82) is 0 Å². The van der Waals surface area contributed by atoms with E-state index in [1.807, 2.05) is 4.90 Å². The van der Waals surface area contributed by atoms with Gasteiger partial charge < -0.3 is 19.3 Å². The highest BCUT2D eigenvalue weighted by Crippen LogP contribution is 2.35. The molecule has 0 N–H and O–H groups in total. The Hall–Kier alpha value is -2.06. The normalized spacial score (nSPS) is 24.5. The third-order valence-electron chi connectivity index (χ3n) is 5.38. The van der Waals surface area contributed by atoms with Gasteiger partial charge in [0.1, 0.15) is 17.9 Å². The maximum Gasteiger partial charge on any atom is 0.274 e. The molecule has 0 bridgehead atoms. The van der Waals surface area contributed by atoms with E-state index in [1.54, 1.807) is 11.1 Å². The first-order valence-corrected chi connectivity index (χ1v) is 9.24. The van der Waals surface area contributed by atoms with Crippen LogP contribution in [0.5, 0.6) is 0 Å². The first-order chi connectivity index (χ1) is 12.7. The molecule has 1 atom stereocenters. The van der Waals surface area contributed by atoms with Crippen LogP contribution in [0.2, 0.25) is 0 Å². The molecule has 1 spiro atoms. The second kappa shape index (κ2) is 7.28. The average molecular weight is 360 g/mol.